The molecular weight excluding hydrogens is 320 g/mol. The van der Waals surface area contributed by atoms with Gasteiger partial charge in [-0.2, -0.15) is 0 Å². The third kappa shape index (κ3) is 3.93. The van der Waals surface area contributed by atoms with Gasteiger partial charge in [-0.25, -0.2) is 0 Å². The molecule has 2 aromatic rings. The number of benzene rings is 2. The number of amides is 1. The predicted octanol–water partition coefficient (Wildman–Crippen LogP) is 4.31. The molecule has 0 N–H and O–H groups in total. The summed E-state index contributed by atoms with van der Waals surface area (Å²) < 4.78 is 0. The molecule has 26 heavy (non-hydrogen) atoms. The summed E-state index contributed by atoms with van der Waals surface area (Å²) in [6, 6.07) is 15.4. The molecule has 0 atom stereocenters. The van der Waals surface area contributed by atoms with Gasteiger partial charge in [0.1, 0.15) is 0 Å². The van der Waals surface area contributed by atoms with Crippen molar-refractivity contribution in [2.75, 3.05) is 26.7 Å². The second-order valence-corrected chi connectivity index (χ2v) is 8.25. The first kappa shape index (κ1) is 17.5. The average Bonchev–Trinajstić information content (AvgIpc) is 2.62. The van der Waals surface area contributed by atoms with Crippen LogP contribution in [0.2, 0.25) is 0 Å². The first-order chi connectivity index (χ1) is 12.7. The van der Waals surface area contributed by atoms with E-state index in [1.807, 2.05) is 11.9 Å². The molecule has 3 nitrogen and oxygen atoms in total. The minimum absolute atomic E-state index is 0.327. The van der Waals surface area contributed by atoms with Crippen LogP contribution in [0, 0.1) is 11.8 Å². The maximum atomic E-state index is 12.3. The van der Waals surface area contributed by atoms with Crippen LogP contribution >= 0.6 is 0 Å². The Morgan fingerprint density at radius 3 is 2.46 bits per heavy atom. The Morgan fingerprint density at radius 1 is 1.04 bits per heavy atom. The maximum absolute atomic E-state index is 12.3. The third-order valence-electron chi connectivity index (χ3n) is 6.29. The number of nitrogens with zero attached hydrogens (tertiary/aromatic N) is 2. The number of hydrogen-bond donors (Lipinski definition) is 0. The molecule has 3 heteroatoms. The molecule has 2 aliphatic rings. The molecule has 0 aromatic heterocycles. The van der Waals surface area contributed by atoms with Crippen molar-refractivity contribution in [1.82, 2.24) is 9.80 Å². The highest BCUT2D eigenvalue weighted by atomic mass is 16.2. The van der Waals surface area contributed by atoms with Crippen molar-refractivity contribution in [3.63, 3.8) is 0 Å². The summed E-state index contributed by atoms with van der Waals surface area (Å²) in [5, 5.41) is 2.64. The van der Waals surface area contributed by atoms with Crippen LogP contribution in [-0.2, 0) is 11.3 Å². The third-order valence-corrected chi connectivity index (χ3v) is 6.29. The van der Waals surface area contributed by atoms with Crippen LogP contribution < -0.4 is 0 Å². The summed E-state index contributed by atoms with van der Waals surface area (Å²) in [5.74, 6) is 1.37. The van der Waals surface area contributed by atoms with Crippen molar-refractivity contribution in [3.05, 3.63) is 48.0 Å². The van der Waals surface area contributed by atoms with Crippen LogP contribution in [0.1, 0.15) is 37.7 Å². The minimum atomic E-state index is 0.327. The van der Waals surface area contributed by atoms with Gasteiger partial charge in [-0.1, -0.05) is 42.8 Å². The van der Waals surface area contributed by atoms with Crippen molar-refractivity contribution in [2.45, 2.75) is 38.6 Å². The van der Waals surface area contributed by atoms with Crippen molar-refractivity contribution < 1.29 is 4.79 Å². The summed E-state index contributed by atoms with van der Waals surface area (Å²) >= 11 is 0. The lowest BCUT2D eigenvalue weighted by atomic mass is 9.84. The summed E-state index contributed by atoms with van der Waals surface area (Å²) in [7, 11) is 2.00. The average molecular weight is 351 g/mol. The van der Waals surface area contributed by atoms with Gasteiger partial charge in [0, 0.05) is 26.1 Å². The molecule has 1 heterocycles. The molecule has 1 saturated carbocycles. The Kier molecular flexibility index (Phi) is 5.26. The fraction of sp³-hybridized carbons (Fsp3) is 0.522. The number of piperidine rings is 1. The molecule has 1 aliphatic carbocycles. The number of likely N-dealkylation sites (tertiary alicyclic amines) is 1. The van der Waals surface area contributed by atoms with E-state index < -0.39 is 0 Å². The van der Waals surface area contributed by atoms with Gasteiger partial charge in [0.25, 0.3) is 0 Å². The van der Waals surface area contributed by atoms with Crippen LogP contribution in [0.3, 0.4) is 0 Å². The lowest BCUT2D eigenvalue weighted by Crippen LogP contribution is -2.42. The summed E-state index contributed by atoms with van der Waals surface area (Å²) in [4.78, 5) is 16.9. The molecule has 2 aromatic carbocycles. The Balaban J connectivity index is 1.27. The van der Waals surface area contributed by atoms with E-state index in [0.717, 1.165) is 39.0 Å². The van der Waals surface area contributed by atoms with Crippen LogP contribution in [0.5, 0.6) is 0 Å². The van der Waals surface area contributed by atoms with Crippen LogP contribution in [-0.4, -0.2) is 42.4 Å². The van der Waals surface area contributed by atoms with E-state index in [0.29, 0.717) is 17.7 Å². The number of carbonyl (C=O) groups excluding carboxylic acids is 1. The number of rotatable bonds is 5. The van der Waals surface area contributed by atoms with E-state index in [1.54, 1.807) is 0 Å². The first-order valence-corrected chi connectivity index (χ1v) is 10.1. The van der Waals surface area contributed by atoms with E-state index in [1.165, 1.54) is 35.6 Å². The lowest BCUT2D eigenvalue weighted by Gasteiger charge is -2.35. The molecule has 4 rings (SSSR count). The van der Waals surface area contributed by atoms with Crippen molar-refractivity contribution >= 4 is 16.7 Å². The number of hydrogen-bond acceptors (Lipinski definition) is 2. The van der Waals surface area contributed by atoms with Crippen LogP contribution in [0.4, 0.5) is 0 Å². The molecular formula is C23H30N2O. The number of carbonyl (C=O) groups is 1. The largest absolute Gasteiger partial charge is 0.345 e. The summed E-state index contributed by atoms with van der Waals surface area (Å²) in [6.07, 6.45) is 5.85. The van der Waals surface area contributed by atoms with E-state index in [4.69, 9.17) is 0 Å². The van der Waals surface area contributed by atoms with E-state index in [9.17, 15) is 4.79 Å². The quantitative estimate of drug-likeness (QED) is 0.802. The fourth-order valence-electron chi connectivity index (χ4n) is 4.37. The topological polar surface area (TPSA) is 23.6 Å². The van der Waals surface area contributed by atoms with Gasteiger partial charge in [-0.05, 0) is 67.1 Å². The fourth-order valence-corrected chi connectivity index (χ4v) is 4.37. The van der Waals surface area contributed by atoms with Crippen LogP contribution in [0.15, 0.2) is 42.5 Å². The Labute approximate surface area is 157 Å². The Hall–Kier alpha value is -1.87. The van der Waals surface area contributed by atoms with Gasteiger partial charge in [0.15, 0.2) is 0 Å². The van der Waals surface area contributed by atoms with E-state index in [-0.39, 0.29) is 0 Å². The molecule has 0 bridgehead atoms. The molecule has 0 radical (unpaired) electrons. The zero-order chi connectivity index (χ0) is 17.9. The van der Waals surface area contributed by atoms with Crippen molar-refractivity contribution in [3.8, 4) is 0 Å². The zero-order valence-electron chi connectivity index (χ0n) is 15.9. The lowest BCUT2D eigenvalue weighted by molar-refractivity contribution is -0.137. The molecule has 138 valence electrons. The highest BCUT2D eigenvalue weighted by molar-refractivity contribution is 5.83. The van der Waals surface area contributed by atoms with Gasteiger partial charge in [0.05, 0.1) is 0 Å². The van der Waals surface area contributed by atoms with Crippen molar-refractivity contribution in [1.29, 1.82) is 0 Å². The standard InChI is InChI=1S/C23H30N2O/c1-24(23(26)21-7-4-8-21)16-18-11-13-25(14-12-18)17-19-9-10-20-5-2-3-6-22(20)15-19/h2-3,5-6,9-10,15,18,21H,4,7-8,11-14,16-17H2,1H3. The highest BCUT2D eigenvalue weighted by Gasteiger charge is 2.29. The van der Waals surface area contributed by atoms with Gasteiger partial charge in [-0.15, -0.1) is 0 Å². The van der Waals surface area contributed by atoms with Crippen molar-refractivity contribution in [2.24, 2.45) is 11.8 Å². The van der Waals surface area contributed by atoms with E-state index in [2.05, 4.69) is 47.4 Å². The van der Waals surface area contributed by atoms with Gasteiger partial charge < -0.3 is 4.90 Å². The number of fused-ring (bicyclic) bond motifs is 1. The van der Waals surface area contributed by atoms with E-state index >= 15 is 0 Å². The smallest absolute Gasteiger partial charge is 0.225 e. The highest BCUT2D eigenvalue weighted by Crippen LogP contribution is 2.29. The SMILES string of the molecule is CN(CC1CCN(Cc2ccc3ccccc3c2)CC1)C(=O)C1CCC1. The second-order valence-electron chi connectivity index (χ2n) is 8.25. The Bertz CT molecular complexity index is 760. The molecule has 0 spiro atoms. The van der Waals surface area contributed by atoms with Gasteiger partial charge in [0.2, 0.25) is 5.91 Å². The molecule has 1 saturated heterocycles. The van der Waals surface area contributed by atoms with Gasteiger partial charge in [-0.3, -0.25) is 9.69 Å². The first-order valence-electron chi connectivity index (χ1n) is 10.1. The summed E-state index contributed by atoms with van der Waals surface area (Å²) in [5.41, 5.74) is 1.40. The molecule has 0 unspecified atom stereocenters. The monoisotopic (exact) mass is 350 g/mol. The predicted molar refractivity (Wildman–Crippen MR) is 107 cm³/mol. The minimum Gasteiger partial charge on any atom is -0.345 e. The Morgan fingerprint density at radius 2 is 1.77 bits per heavy atom. The summed E-state index contributed by atoms with van der Waals surface area (Å²) in [6.45, 7) is 4.26. The second kappa shape index (κ2) is 7.79. The molecule has 2 fully saturated rings. The molecule has 1 aliphatic heterocycles. The maximum Gasteiger partial charge on any atom is 0.225 e. The zero-order valence-corrected chi connectivity index (χ0v) is 15.9. The van der Waals surface area contributed by atoms with Gasteiger partial charge >= 0.3 is 0 Å². The van der Waals surface area contributed by atoms with Crippen LogP contribution in [0.25, 0.3) is 10.8 Å². The molecule has 1 amide bonds. The normalized spacial score (nSPS) is 19.4.